The van der Waals surface area contributed by atoms with E-state index >= 15 is 0 Å². The monoisotopic (exact) mass is 204 g/mol. The lowest BCUT2D eigenvalue weighted by Gasteiger charge is -2.06. The first-order valence-electron chi connectivity index (χ1n) is 3.87. The molecule has 1 rings (SSSR count). The molecule has 0 aliphatic rings. The van der Waals surface area contributed by atoms with Crippen LogP contribution in [0.25, 0.3) is 0 Å². The predicted octanol–water partition coefficient (Wildman–Crippen LogP) is 2.54. The molecule has 0 saturated carbocycles. The molecule has 0 amide bonds. The molecular weight excluding hydrogens is 194 g/mol. The minimum Gasteiger partial charge on any atom is -0.396 e. The SMILES string of the molecule is OCCc1ccccc1SC(F)F. The summed E-state index contributed by atoms with van der Waals surface area (Å²) >= 11 is 0.521. The maximum absolute atomic E-state index is 12.0. The Morgan fingerprint density at radius 2 is 2.00 bits per heavy atom. The fourth-order valence-corrected chi connectivity index (χ4v) is 1.71. The molecule has 0 spiro atoms. The molecule has 0 unspecified atom stereocenters. The Balaban J connectivity index is 2.78. The molecule has 0 fully saturated rings. The number of hydrogen-bond acceptors (Lipinski definition) is 2. The number of hydrogen-bond donors (Lipinski definition) is 1. The molecule has 0 aromatic heterocycles. The molecule has 1 N–H and O–H groups in total. The van der Waals surface area contributed by atoms with Crippen LogP contribution in [0, 0.1) is 0 Å². The number of thioether (sulfide) groups is 1. The predicted molar refractivity (Wildman–Crippen MR) is 49.1 cm³/mol. The molecule has 1 aromatic carbocycles. The fourth-order valence-electron chi connectivity index (χ4n) is 1.04. The van der Waals surface area contributed by atoms with Gasteiger partial charge in [-0.1, -0.05) is 30.0 Å². The lowest BCUT2D eigenvalue weighted by molar-refractivity contribution is 0.252. The summed E-state index contributed by atoms with van der Waals surface area (Å²) in [5, 5.41) is 8.68. The van der Waals surface area contributed by atoms with Crippen molar-refractivity contribution in [2.45, 2.75) is 17.1 Å². The number of halogens is 2. The van der Waals surface area contributed by atoms with Gasteiger partial charge >= 0.3 is 0 Å². The molecule has 0 bridgehead atoms. The topological polar surface area (TPSA) is 20.2 Å². The summed E-state index contributed by atoms with van der Waals surface area (Å²) in [4.78, 5) is 0.548. The number of alkyl halides is 2. The van der Waals surface area contributed by atoms with Crippen LogP contribution in [-0.4, -0.2) is 17.5 Å². The first kappa shape index (κ1) is 10.5. The second-order valence-electron chi connectivity index (χ2n) is 2.46. The van der Waals surface area contributed by atoms with E-state index in [1.54, 1.807) is 24.3 Å². The number of aliphatic hydroxyl groups excluding tert-OH is 1. The Kier molecular flexibility index (Phi) is 4.18. The molecule has 13 heavy (non-hydrogen) atoms. The second kappa shape index (κ2) is 5.19. The first-order valence-corrected chi connectivity index (χ1v) is 4.75. The first-order chi connectivity index (χ1) is 6.24. The lowest BCUT2D eigenvalue weighted by atomic mass is 10.2. The van der Waals surface area contributed by atoms with Crippen LogP contribution in [0.5, 0.6) is 0 Å². The summed E-state index contributed by atoms with van der Waals surface area (Å²) in [6.45, 7) is -0.0131. The van der Waals surface area contributed by atoms with Crippen molar-refractivity contribution in [2.75, 3.05) is 6.61 Å². The molecule has 72 valence electrons. The minimum absolute atomic E-state index is 0.0131. The number of aliphatic hydroxyl groups is 1. The molecule has 0 aliphatic carbocycles. The second-order valence-corrected chi connectivity index (χ2v) is 3.49. The molecule has 1 aromatic rings. The van der Waals surface area contributed by atoms with Crippen LogP contribution in [0.15, 0.2) is 29.2 Å². The highest BCUT2D eigenvalue weighted by Crippen LogP contribution is 2.28. The van der Waals surface area contributed by atoms with E-state index in [-0.39, 0.29) is 6.61 Å². The molecular formula is C9H10F2OS. The van der Waals surface area contributed by atoms with Gasteiger partial charge in [0.25, 0.3) is 5.76 Å². The molecule has 0 heterocycles. The van der Waals surface area contributed by atoms with E-state index in [9.17, 15) is 8.78 Å². The fraction of sp³-hybridized carbons (Fsp3) is 0.333. The summed E-state index contributed by atoms with van der Waals surface area (Å²) in [5.74, 6) is -2.40. The van der Waals surface area contributed by atoms with Crippen LogP contribution in [0.1, 0.15) is 5.56 Å². The van der Waals surface area contributed by atoms with Crippen LogP contribution in [0.4, 0.5) is 8.78 Å². The van der Waals surface area contributed by atoms with Crippen molar-refractivity contribution in [3.05, 3.63) is 29.8 Å². The van der Waals surface area contributed by atoms with E-state index in [0.717, 1.165) is 5.56 Å². The maximum Gasteiger partial charge on any atom is 0.288 e. The van der Waals surface area contributed by atoms with Gasteiger partial charge in [0.2, 0.25) is 0 Å². The van der Waals surface area contributed by atoms with Gasteiger partial charge in [0.15, 0.2) is 0 Å². The zero-order chi connectivity index (χ0) is 9.68. The average Bonchev–Trinajstić information content (AvgIpc) is 2.08. The normalized spacial score (nSPS) is 10.8. The zero-order valence-corrected chi connectivity index (χ0v) is 7.73. The third kappa shape index (κ3) is 3.32. The maximum atomic E-state index is 12.0. The van der Waals surface area contributed by atoms with Crippen molar-refractivity contribution < 1.29 is 13.9 Å². The van der Waals surface area contributed by atoms with Crippen molar-refractivity contribution in [2.24, 2.45) is 0 Å². The summed E-state index contributed by atoms with van der Waals surface area (Å²) in [6, 6.07) is 6.88. The summed E-state index contributed by atoms with van der Waals surface area (Å²) in [6.07, 6.45) is 0.426. The number of rotatable bonds is 4. The zero-order valence-electron chi connectivity index (χ0n) is 6.91. The standard InChI is InChI=1S/C9H10F2OS/c10-9(11)13-8-4-2-1-3-7(8)5-6-12/h1-4,9,12H,5-6H2. The molecule has 1 nitrogen and oxygen atoms in total. The summed E-state index contributed by atoms with van der Waals surface area (Å²) in [5.41, 5.74) is 0.773. The third-order valence-electron chi connectivity index (χ3n) is 1.57. The molecule has 0 atom stereocenters. The van der Waals surface area contributed by atoms with Crippen molar-refractivity contribution in [3.8, 4) is 0 Å². The van der Waals surface area contributed by atoms with Crippen LogP contribution >= 0.6 is 11.8 Å². The Morgan fingerprint density at radius 1 is 1.31 bits per heavy atom. The van der Waals surface area contributed by atoms with Gasteiger partial charge in [-0.05, 0) is 18.1 Å². The van der Waals surface area contributed by atoms with E-state index in [1.807, 2.05) is 0 Å². The molecule has 0 saturated heterocycles. The van der Waals surface area contributed by atoms with E-state index < -0.39 is 5.76 Å². The van der Waals surface area contributed by atoms with Gasteiger partial charge in [-0.2, -0.15) is 8.78 Å². The van der Waals surface area contributed by atoms with Gasteiger partial charge in [-0.25, -0.2) is 0 Å². The van der Waals surface area contributed by atoms with E-state index in [0.29, 0.717) is 23.1 Å². The number of benzene rings is 1. The van der Waals surface area contributed by atoms with Crippen LogP contribution < -0.4 is 0 Å². The van der Waals surface area contributed by atoms with Crippen molar-refractivity contribution in [3.63, 3.8) is 0 Å². The van der Waals surface area contributed by atoms with Gasteiger partial charge in [-0.15, -0.1) is 0 Å². The minimum atomic E-state index is -2.40. The smallest absolute Gasteiger partial charge is 0.288 e. The van der Waals surface area contributed by atoms with Gasteiger partial charge in [0.05, 0.1) is 0 Å². The van der Waals surface area contributed by atoms with Gasteiger partial charge in [0.1, 0.15) is 0 Å². The van der Waals surface area contributed by atoms with Crippen molar-refractivity contribution >= 4 is 11.8 Å². The summed E-state index contributed by atoms with van der Waals surface area (Å²) < 4.78 is 24.1. The highest BCUT2D eigenvalue weighted by Gasteiger charge is 2.08. The quantitative estimate of drug-likeness (QED) is 0.760. The van der Waals surface area contributed by atoms with E-state index in [1.165, 1.54) is 0 Å². The molecule has 0 aliphatic heterocycles. The van der Waals surface area contributed by atoms with Crippen LogP contribution in [0.3, 0.4) is 0 Å². The highest BCUT2D eigenvalue weighted by molar-refractivity contribution is 7.99. The van der Waals surface area contributed by atoms with E-state index in [2.05, 4.69) is 0 Å². The Bertz CT molecular complexity index is 266. The van der Waals surface area contributed by atoms with Crippen LogP contribution in [-0.2, 0) is 6.42 Å². The highest BCUT2D eigenvalue weighted by atomic mass is 32.2. The van der Waals surface area contributed by atoms with Crippen molar-refractivity contribution in [1.29, 1.82) is 0 Å². The van der Waals surface area contributed by atoms with Gasteiger partial charge < -0.3 is 5.11 Å². The van der Waals surface area contributed by atoms with Crippen LogP contribution in [0.2, 0.25) is 0 Å². The largest absolute Gasteiger partial charge is 0.396 e. The Morgan fingerprint density at radius 3 is 2.62 bits per heavy atom. The van der Waals surface area contributed by atoms with Gasteiger partial charge in [0, 0.05) is 11.5 Å². The Hall–Kier alpha value is -0.610. The van der Waals surface area contributed by atoms with E-state index in [4.69, 9.17) is 5.11 Å². The molecule has 0 radical (unpaired) electrons. The Labute approximate surface area is 79.8 Å². The summed E-state index contributed by atoms with van der Waals surface area (Å²) in [7, 11) is 0. The lowest BCUT2D eigenvalue weighted by Crippen LogP contribution is -1.94. The average molecular weight is 204 g/mol. The van der Waals surface area contributed by atoms with Crippen molar-refractivity contribution in [1.82, 2.24) is 0 Å². The molecule has 4 heteroatoms. The third-order valence-corrected chi connectivity index (χ3v) is 2.40. The van der Waals surface area contributed by atoms with Gasteiger partial charge in [-0.3, -0.25) is 0 Å².